The van der Waals surface area contributed by atoms with Crippen molar-refractivity contribution in [2.45, 2.75) is 37.3 Å². The van der Waals surface area contributed by atoms with Crippen LogP contribution in [0.4, 0.5) is 5.82 Å². The van der Waals surface area contributed by atoms with Crippen LogP contribution < -0.4 is 5.32 Å². The summed E-state index contributed by atoms with van der Waals surface area (Å²) in [5.74, 6) is 0.450. The summed E-state index contributed by atoms with van der Waals surface area (Å²) in [6.07, 6.45) is 4.00. The van der Waals surface area contributed by atoms with Crippen molar-refractivity contribution in [2.24, 2.45) is 4.36 Å². The van der Waals surface area contributed by atoms with Crippen molar-refractivity contribution in [3.63, 3.8) is 0 Å². The number of anilines is 1. The first-order chi connectivity index (χ1) is 14.4. The van der Waals surface area contributed by atoms with Crippen molar-refractivity contribution in [3.05, 3.63) is 40.9 Å². The molecule has 0 saturated carbocycles. The highest BCUT2D eigenvalue weighted by Gasteiger charge is 2.42. The lowest BCUT2D eigenvalue weighted by Crippen LogP contribution is -2.49. The molecule has 158 valence electrons. The molecule has 0 aromatic carbocycles. The van der Waals surface area contributed by atoms with Gasteiger partial charge in [-0.25, -0.2) is 4.21 Å². The normalized spacial score (nSPS) is 28.6. The highest BCUT2D eigenvalue weighted by Crippen LogP contribution is 2.37. The molecule has 2 aromatic heterocycles. The number of nitrogens with one attached hydrogen (secondary N) is 1. The molecule has 2 saturated heterocycles. The third-order valence-electron chi connectivity index (χ3n) is 5.42. The Bertz CT molecular complexity index is 1100. The lowest BCUT2D eigenvalue weighted by Gasteiger charge is -2.44. The number of furan rings is 1. The minimum Gasteiger partial charge on any atom is -0.439 e. The van der Waals surface area contributed by atoms with Crippen LogP contribution >= 0.6 is 11.6 Å². The summed E-state index contributed by atoms with van der Waals surface area (Å²) in [7, 11) is -2.68. The number of halogens is 1. The molecule has 30 heavy (non-hydrogen) atoms. The Morgan fingerprint density at radius 1 is 1.40 bits per heavy atom. The molecule has 2 aromatic rings. The van der Waals surface area contributed by atoms with Crippen molar-refractivity contribution in [1.82, 2.24) is 10.2 Å². The largest absolute Gasteiger partial charge is 0.439 e. The Balaban J connectivity index is 1.41. The zero-order valence-corrected chi connectivity index (χ0v) is 17.6. The van der Waals surface area contributed by atoms with Crippen LogP contribution in [0.5, 0.6) is 0 Å². The van der Waals surface area contributed by atoms with Gasteiger partial charge in [0, 0.05) is 30.2 Å². The summed E-state index contributed by atoms with van der Waals surface area (Å²) in [5, 5.41) is 20.3. The third kappa shape index (κ3) is 4.64. The van der Waals surface area contributed by atoms with Crippen LogP contribution in [-0.2, 0) is 14.5 Å². The molecule has 0 aliphatic carbocycles. The van der Waals surface area contributed by atoms with E-state index in [2.05, 4.69) is 19.9 Å². The predicted octanol–water partition coefficient (Wildman–Crippen LogP) is 3.03. The lowest BCUT2D eigenvalue weighted by atomic mass is 9.85. The molecule has 1 spiro atoms. The molecule has 1 N–H and O–H groups in total. The second kappa shape index (κ2) is 8.34. The Hall–Kier alpha value is -2.48. The molecule has 0 radical (unpaired) electrons. The van der Waals surface area contributed by atoms with Gasteiger partial charge in [0.25, 0.3) is 0 Å². The van der Waals surface area contributed by atoms with Crippen LogP contribution in [0.2, 0.25) is 5.22 Å². The zero-order chi connectivity index (χ0) is 21.2. The quantitative estimate of drug-likeness (QED) is 0.756. The number of aromatic nitrogens is 2. The smallest absolute Gasteiger partial charge is 0.320 e. The van der Waals surface area contributed by atoms with Gasteiger partial charge in [0.15, 0.2) is 11.0 Å². The summed E-state index contributed by atoms with van der Waals surface area (Å²) in [5.41, 5.74) is 0.0275. The molecule has 1 atom stereocenters. The lowest BCUT2D eigenvalue weighted by molar-refractivity contribution is -0.0872. The van der Waals surface area contributed by atoms with Gasteiger partial charge in [-0.2, -0.15) is 14.7 Å². The van der Waals surface area contributed by atoms with Crippen LogP contribution in [0.1, 0.15) is 41.8 Å². The second-order valence-corrected chi connectivity index (χ2v) is 10.4. The molecule has 4 heterocycles. The number of nitrogens with zero attached hydrogens (tertiary/aromatic N) is 4. The van der Waals surface area contributed by atoms with E-state index in [1.54, 1.807) is 6.07 Å². The Morgan fingerprint density at radius 2 is 2.20 bits per heavy atom. The molecular formula is C19H20ClN5O4S. The highest BCUT2D eigenvalue weighted by atomic mass is 35.5. The number of carbonyl (C=O) groups is 1. The van der Waals surface area contributed by atoms with E-state index in [-0.39, 0.29) is 28.5 Å². The number of nitriles is 1. The van der Waals surface area contributed by atoms with E-state index in [0.717, 1.165) is 6.42 Å². The van der Waals surface area contributed by atoms with Crippen LogP contribution in [-0.4, -0.2) is 50.1 Å². The van der Waals surface area contributed by atoms with E-state index in [1.165, 1.54) is 18.3 Å². The molecule has 0 bridgehead atoms. The molecule has 2 fully saturated rings. The summed E-state index contributed by atoms with van der Waals surface area (Å²) in [6.45, 7) is 0.561. The minimum absolute atomic E-state index is 0.0121. The maximum absolute atomic E-state index is 13.1. The first-order valence-electron chi connectivity index (χ1n) is 9.54. The molecule has 4 rings (SSSR count). The van der Waals surface area contributed by atoms with Gasteiger partial charge in [-0.05, 0) is 49.4 Å². The summed E-state index contributed by atoms with van der Waals surface area (Å²) < 4.78 is 28.2. The zero-order valence-electron chi connectivity index (χ0n) is 16.0. The van der Waals surface area contributed by atoms with Crippen molar-refractivity contribution >= 4 is 33.1 Å². The molecule has 2 aliphatic heterocycles. The van der Waals surface area contributed by atoms with Crippen LogP contribution in [0.25, 0.3) is 0 Å². The molecule has 9 nitrogen and oxygen atoms in total. The maximum atomic E-state index is 13.1. The molecule has 1 unspecified atom stereocenters. The van der Waals surface area contributed by atoms with Gasteiger partial charge in [0.1, 0.15) is 11.9 Å². The minimum atomic E-state index is -2.68. The predicted molar refractivity (Wildman–Crippen MR) is 110 cm³/mol. The van der Waals surface area contributed by atoms with Crippen molar-refractivity contribution < 1.29 is 18.2 Å². The first-order valence-corrected chi connectivity index (χ1v) is 11.8. The topological polar surface area (TPSA) is 130 Å². The van der Waals surface area contributed by atoms with E-state index < -0.39 is 21.2 Å². The number of ether oxygens (including phenoxy) is 1. The third-order valence-corrected chi connectivity index (χ3v) is 7.80. The number of carbonyl (C=O) groups excluding carboxylic acids is 1. The van der Waals surface area contributed by atoms with E-state index >= 15 is 0 Å². The Morgan fingerprint density at radius 3 is 2.90 bits per heavy atom. The number of hydrogen-bond donors (Lipinski definition) is 1. The van der Waals surface area contributed by atoms with Gasteiger partial charge in [-0.3, -0.25) is 4.79 Å². The van der Waals surface area contributed by atoms with Gasteiger partial charge in [0.2, 0.25) is 0 Å². The Kier molecular flexibility index (Phi) is 5.77. The fourth-order valence-corrected chi connectivity index (χ4v) is 6.15. The summed E-state index contributed by atoms with van der Waals surface area (Å²) in [6, 6.07) is 6.68. The van der Waals surface area contributed by atoms with Crippen molar-refractivity contribution in [2.75, 3.05) is 23.4 Å². The second-order valence-electron chi connectivity index (χ2n) is 7.49. The molecule has 2 aliphatic rings. The van der Waals surface area contributed by atoms with Gasteiger partial charge < -0.3 is 14.5 Å². The van der Waals surface area contributed by atoms with Crippen LogP contribution in [0.15, 0.2) is 33.2 Å². The fraction of sp³-hybridized carbons (Fsp3) is 0.474. The highest BCUT2D eigenvalue weighted by molar-refractivity contribution is 7.93. The summed E-state index contributed by atoms with van der Waals surface area (Å²) >= 11 is 5.69. The van der Waals surface area contributed by atoms with Crippen molar-refractivity contribution in [3.8, 4) is 6.07 Å². The molecular weight excluding hydrogens is 430 g/mol. The van der Waals surface area contributed by atoms with Gasteiger partial charge in [-0.15, -0.1) is 5.10 Å². The first kappa shape index (κ1) is 20.8. The molecule has 11 heteroatoms. The van der Waals surface area contributed by atoms with Gasteiger partial charge in [-0.1, -0.05) is 0 Å². The average molecular weight is 450 g/mol. The van der Waals surface area contributed by atoms with E-state index in [4.69, 9.17) is 26.0 Å². The SMILES string of the molecule is N#Cc1cnnc(NC2CCOC3(CCS(=O)(=NC(=O)c4ccc(Cl)o4)CC3)C2)c1. The standard InChI is InChI=1S/C19H20ClN5O4S/c20-16-2-1-15(29-16)18(26)25-30(27)7-4-19(5-8-30)10-14(3-6-28-19)23-17-9-13(11-21)12-22-24-17/h1-2,9,12,14H,3-8,10H2,(H,23,24). The average Bonchev–Trinajstić information content (AvgIpc) is 3.18. The summed E-state index contributed by atoms with van der Waals surface area (Å²) in [4.78, 5) is 12.2. The van der Waals surface area contributed by atoms with E-state index in [9.17, 15) is 9.00 Å². The number of rotatable bonds is 3. The maximum Gasteiger partial charge on any atom is 0.320 e. The Labute approximate surface area is 178 Å². The van der Waals surface area contributed by atoms with Crippen LogP contribution in [0, 0.1) is 11.3 Å². The van der Waals surface area contributed by atoms with Crippen LogP contribution in [0.3, 0.4) is 0 Å². The van der Waals surface area contributed by atoms with Gasteiger partial charge in [0.05, 0.1) is 27.1 Å². The van der Waals surface area contributed by atoms with Gasteiger partial charge >= 0.3 is 5.91 Å². The van der Waals surface area contributed by atoms with Crippen molar-refractivity contribution in [1.29, 1.82) is 5.26 Å². The molecule has 1 amide bonds. The fourth-order valence-electron chi connectivity index (χ4n) is 3.84. The number of hydrogen-bond acceptors (Lipinski definition) is 8. The monoisotopic (exact) mass is 449 g/mol. The number of amides is 1. The van der Waals surface area contributed by atoms with E-state index in [1.807, 2.05) is 6.07 Å². The van der Waals surface area contributed by atoms with E-state index in [0.29, 0.717) is 37.3 Å².